The monoisotopic (exact) mass is 632 g/mol. The number of rotatable bonds is 9. The van der Waals surface area contributed by atoms with E-state index in [1.165, 1.54) is 5.56 Å². The van der Waals surface area contributed by atoms with Gasteiger partial charge in [0.05, 0.1) is 34.9 Å². The van der Waals surface area contributed by atoms with Gasteiger partial charge in [0.2, 0.25) is 0 Å². The van der Waals surface area contributed by atoms with E-state index in [0.717, 1.165) is 60.8 Å². The Balaban J connectivity index is 1.20. The van der Waals surface area contributed by atoms with Crippen molar-refractivity contribution in [3.63, 3.8) is 0 Å². The number of likely N-dealkylation sites (tertiary alicyclic amines) is 1. The molecule has 1 fully saturated rings. The highest BCUT2D eigenvalue weighted by Crippen LogP contribution is 2.49. The Bertz CT molecular complexity index is 1690. The number of esters is 1. The van der Waals surface area contributed by atoms with Gasteiger partial charge in [-0.1, -0.05) is 23.7 Å². The van der Waals surface area contributed by atoms with Crippen molar-refractivity contribution in [3.8, 4) is 17.2 Å². The Morgan fingerprint density at radius 2 is 1.87 bits per heavy atom. The molecule has 10 heteroatoms. The first-order valence-electron chi connectivity index (χ1n) is 15.8. The molecule has 45 heavy (non-hydrogen) atoms. The molecule has 2 aromatic heterocycles. The smallest absolute Gasteiger partial charge is 0.338 e. The van der Waals surface area contributed by atoms with E-state index in [2.05, 4.69) is 27.4 Å². The van der Waals surface area contributed by atoms with Gasteiger partial charge in [0, 0.05) is 25.2 Å². The fourth-order valence-electron chi connectivity index (χ4n) is 6.28. The van der Waals surface area contributed by atoms with Crippen molar-refractivity contribution in [1.29, 1.82) is 0 Å². The maximum Gasteiger partial charge on any atom is 0.338 e. The molecule has 2 aromatic carbocycles. The van der Waals surface area contributed by atoms with E-state index >= 15 is 0 Å². The zero-order chi connectivity index (χ0) is 31.9. The normalized spacial score (nSPS) is 18.7. The fraction of sp³-hybridized carbons (Fsp3) is 0.457. The summed E-state index contributed by atoms with van der Waals surface area (Å²) in [5.41, 5.74) is 3.96. The molecule has 2 aliphatic heterocycles. The Hall–Kier alpha value is -3.82. The van der Waals surface area contributed by atoms with Gasteiger partial charge in [-0.05, 0) is 96.8 Å². The van der Waals surface area contributed by atoms with Crippen molar-refractivity contribution in [3.05, 3.63) is 76.3 Å². The first-order valence-corrected chi connectivity index (χ1v) is 16.2. The van der Waals surface area contributed by atoms with E-state index in [1.807, 2.05) is 58.9 Å². The van der Waals surface area contributed by atoms with Crippen LogP contribution in [0.2, 0.25) is 5.02 Å². The number of aromatic nitrogens is 3. The quantitative estimate of drug-likeness (QED) is 0.176. The van der Waals surface area contributed by atoms with E-state index in [4.69, 9.17) is 35.5 Å². The molecule has 0 saturated carbocycles. The predicted molar refractivity (Wildman–Crippen MR) is 173 cm³/mol. The summed E-state index contributed by atoms with van der Waals surface area (Å²) in [6.07, 6.45) is 3.30. The molecule has 0 radical (unpaired) electrons. The molecular formula is C35H41ClN4O5. The maximum atomic E-state index is 12.9. The molecule has 4 heterocycles. The minimum absolute atomic E-state index is 0.0621. The third kappa shape index (κ3) is 6.33. The molecule has 0 bridgehead atoms. The summed E-state index contributed by atoms with van der Waals surface area (Å²) in [5, 5.41) is 0.570. The van der Waals surface area contributed by atoms with Gasteiger partial charge >= 0.3 is 5.97 Å². The number of halogens is 1. The minimum Gasteiger partial charge on any atom is -0.489 e. The number of carbonyl (C=O) groups is 1. The molecule has 2 aliphatic rings. The second-order valence-electron chi connectivity index (χ2n) is 12.5. The third-order valence-electron chi connectivity index (χ3n) is 8.35. The largest absolute Gasteiger partial charge is 0.489 e. The Morgan fingerprint density at radius 3 is 2.53 bits per heavy atom. The lowest BCUT2D eigenvalue weighted by atomic mass is 9.88. The average molecular weight is 633 g/mol. The van der Waals surface area contributed by atoms with Gasteiger partial charge in [0.1, 0.15) is 22.8 Å². The van der Waals surface area contributed by atoms with E-state index < -0.39 is 5.79 Å². The second kappa shape index (κ2) is 12.5. The van der Waals surface area contributed by atoms with Crippen LogP contribution in [0.1, 0.15) is 87.7 Å². The number of benzene rings is 2. The number of carbonyl (C=O) groups excluding carboxylic acids is 1. The summed E-state index contributed by atoms with van der Waals surface area (Å²) in [7, 11) is 0. The third-order valence-corrected chi connectivity index (χ3v) is 8.57. The van der Waals surface area contributed by atoms with Gasteiger partial charge in [-0.3, -0.25) is 9.88 Å². The highest BCUT2D eigenvalue weighted by atomic mass is 35.5. The van der Waals surface area contributed by atoms with Crippen LogP contribution in [0, 0.1) is 0 Å². The number of imidazole rings is 1. The molecule has 9 nitrogen and oxygen atoms in total. The van der Waals surface area contributed by atoms with Crippen LogP contribution in [0.15, 0.2) is 48.7 Å². The average Bonchev–Trinajstić information content (AvgIpc) is 3.54. The summed E-state index contributed by atoms with van der Waals surface area (Å²) in [6, 6.07) is 13.4. The lowest BCUT2D eigenvalue weighted by molar-refractivity contribution is -0.0722. The molecule has 0 unspecified atom stereocenters. The van der Waals surface area contributed by atoms with Crippen LogP contribution < -0.4 is 14.2 Å². The predicted octanol–water partition coefficient (Wildman–Crippen LogP) is 7.48. The number of hydrogen-bond acceptors (Lipinski definition) is 8. The van der Waals surface area contributed by atoms with Crippen LogP contribution in [0.25, 0.3) is 11.0 Å². The Labute approximate surface area is 269 Å². The van der Waals surface area contributed by atoms with Crippen molar-refractivity contribution in [2.24, 2.45) is 0 Å². The summed E-state index contributed by atoms with van der Waals surface area (Å²) in [4.78, 5) is 24.8. The van der Waals surface area contributed by atoms with Crippen LogP contribution in [0.4, 0.5) is 0 Å². The SMILES string of the molecule is CCn1c(CN2CCC(c3cccc4c3O[C@@](C)(c3ccc(Cl)cn3)O4)CC2)nc2c(OC(C)C)cc(C(=O)OC(C)C)cc21. The van der Waals surface area contributed by atoms with Gasteiger partial charge in [-0.2, -0.15) is 0 Å². The molecule has 0 spiro atoms. The van der Waals surface area contributed by atoms with E-state index in [0.29, 0.717) is 34.5 Å². The molecular weight excluding hydrogens is 592 g/mol. The number of para-hydroxylation sites is 1. The summed E-state index contributed by atoms with van der Waals surface area (Å²) in [5.74, 6) is 2.07. The number of aryl methyl sites for hydroxylation is 1. The second-order valence-corrected chi connectivity index (χ2v) is 12.9. The molecule has 0 aliphatic carbocycles. The number of fused-ring (bicyclic) bond motifs is 2. The van der Waals surface area contributed by atoms with E-state index in [9.17, 15) is 4.79 Å². The number of nitrogens with zero attached hydrogens (tertiary/aromatic N) is 4. The van der Waals surface area contributed by atoms with Crippen LogP contribution >= 0.6 is 11.6 Å². The molecule has 1 saturated heterocycles. The molecule has 4 aromatic rings. The summed E-state index contributed by atoms with van der Waals surface area (Å²) >= 11 is 6.06. The van der Waals surface area contributed by atoms with E-state index in [1.54, 1.807) is 18.3 Å². The van der Waals surface area contributed by atoms with Crippen LogP contribution in [-0.2, 0) is 23.6 Å². The Morgan fingerprint density at radius 1 is 1.09 bits per heavy atom. The van der Waals surface area contributed by atoms with Crippen molar-refractivity contribution >= 4 is 28.6 Å². The molecule has 238 valence electrons. The highest BCUT2D eigenvalue weighted by molar-refractivity contribution is 6.30. The van der Waals surface area contributed by atoms with Gasteiger partial charge < -0.3 is 23.5 Å². The van der Waals surface area contributed by atoms with Crippen molar-refractivity contribution < 1.29 is 23.7 Å². The van der Waals surface area contributed by atoms with Crippen molar-refractivity contribution in [1.82, 2.24) is 19.4 Å². The highest BCUT2D eigenvalue weighted by Gasteiger charge is 2.42. The van der Waals surface area contributed by atoms with E-state index in [-0.39, 0.29) is 18.2 Å². The Kier molecular flexibility index (Phi) is 8.68. The number of piperidine rings is 1. The van der Waals surface area contributed by atoms with Crippen LogP contribution in [0.5, 0.6) is 17.2 Å². The number of ether oxygens (including phenoxy) is 4. The van der Waals surface area contributed by atoms with Crippen molar-refractivity contribution in [2.75, 3.05) is 13.1 Å². The molecule has 0 amide bonds. The number of hydrogen-bond donors (Lipinski definition) is 0. The summed E-state index contributed by atoms with van der Waals surface area (Å²) < 4.78 is 26.6. The first kappa shape index (κ1) is 31.2. The van der Waals surface area contributed by atoms with Gasteiger partial charge in [0.25, 0.3) is 5.79 Å². The molecule has 0 N–H and O–H groups in total. The van der Waals surface area contributed by atoms with Gasteiger partial charge in [-0.15, -0.1) is 0 Å². The standard InChI is InChI=1S/C35H41ClN4O5/c1-7-40-27-17-24(34(41)43-22(4)5)18-29(42-21(2)3)32(27)38-31(40)20-39-15-13-23(14-16-39)26-9-8-10-28-33(26)45-35(6,44-28)30-12-11-25(36)19-37-30/h8-12,17-19,21-23H,7,13-16,20H2,1-6H3/t35-/m0/s1. The molecule has 6 rings (SSSR count). The zero-order valence-corrected chi connectivity index (χ0v) is 27.6. The van der Waals surface area contributed by atoms with Crippen molar-refractivity contribution in [2.45, 2.75) is 91.4 Å². The van der Waals surface area contributed by atoms with Gasteiger partial charge in [-0.25, -0.2) is 9.78 Å². The molecule has 1 atom stereocenters. The van der Waals surface area contributed by atoms with Crippen LogP contribution in [-0.4, -0.2) is 50.7 Å². The maximum absolute atomic E-state index is 12.9. The topological polar surface area (TPSA) is 87.9 Å². The lowest BCUT2D eigenvalue weighted by Crippen LogP contribution is -2.34. The first-order chi connectivity index (χ1) is 21.5. The zero-order valence-electron chi connectivity index (χ0n) is 26.8. The van der Waals surface area contributed by atoms with Gasteiger partial charge in [0.15, 0.2) is 11.5 Å². The lowest BCUT2D eigenvalue weighted by Gasteiger charge is -2.32. The minimum atomic E-state index is -1.01. The number of pyridine rings is 1. The van der Waals surface area contributed by atoms with Crippen LogP contribution in [0.3, 0.4) is 0 Å². The summed E-state index contributed by atoms with van der Waals surface area (Å²) in [6.45, 7) is 14.9. The fourth-order valence-corrected chi connectivity index (χ4v) is 6.39.